The number of phenolic OH excluding ortho intramolecular Hbond substituents is 1. The molecule has 0 saturated heterocycles. The van der Waals surface area contributed by atoms with Crippen molar-refractivity contribution in [1.29, 1.82) is 0 Å². The summed E-state index contributed by atoms with van der Waals surface area (Å²) in [6.07, 6.45) is 0. The van der Waals surface area contributed by atoms with Gasteiger partial charge in [-0.1, -0.05) is 66.7 Å². The zero-order chi connectivity index (χ0) is 21.4. The number of phenols is 1. The summed E-state index contributed by atoms with van der Waals surface area (Å²) < 4.78 is 0. The third-order valence-corrected chi connectivity index (χ3v) is 5.55. The predicted molar refractivity (Wildman–Crippen MR) is 131 cm³/mol. The van der Waals surface area contributed by atoms with Crippen molar-refractivity contribution in [3.63, 3.8) is 0 Å². The first kappa shape index (κ1) is 18.8. The van der Waals surface area contributed by atoms with Crippen LogP contribution >= 0.6 is 0 Å². The van der Waals surface area contributed by atoms with E-state index in [1.54, 1.807) is 6.07 Å². The molecule has 0 heterocycles. The standard InChI is InChI=1S/C27H23N3O/c1-18-7-4-11-21(17-18)30(24-13-5-9-20-10-6-14-25(31)26(20)24)29-27-22-12-3-2-8-19(22)15-16-23(27)28/h2-17,29,31H,28H2,1H3. The number of rotatable bonds is 4. The number of aryl methyl sites for hydroxylation is 1. The molecule has 0 aliphatic carbocycles. The van der Waals surface area contributed by atoms with Crippen LogP contribution in [0.15, 0.2) is 97.1 Å². The van der Waals surface area contributed by atoms with Crippen molar-refractivity contribution in [3.05, 3.63) is 103 Å². The van der Waals surface area contributed by atoms with Gasteiger partial charge < -0.3 is 10.8 Å². The number of nitrogens with zero attached hydrogens (tertiary/aromatic N) is 1. The highest BCUT2D eigenvalue weighted by molar-refractivity contribution is 6.04. The molecule has 0 unspecified atom stereocenters. The summed E-state index contributed by atoms with van der Waals surface area (Å²) in [5, 5.41) is 16.6. The quantitative estimate of drug-likeness (QED) is 0.228. The van der Waals surface area contributed by atoms with Crippen LogP contribution in [0, 0.1) is 6.92 Å². The van der Waals surface area contributed by atoms with Crippen LogP contribution < -0.4 is 16.2 Å². The highest BCUT2D eigenvalue weighted by Crippen LogP contribution is 2.39. The SMILES string of the molecule is Cc1cccc(N(Nc2c(N)ccc3ccccc23)c2cccc3cccc(O)c23)c1. The van der Waals surface area contributed by atoms with E-state index in [1.807, 2.05) is 71.7 Å². The molecule has 0 fully saturated rings. The van der Waals surface area contributed by atoms with Crippen molar-refractivity contribution in [2.75, 3.05) is 16.2 Å². The first-order valence-corrected chi connectivity index (χ1v) is 10.2. The molecule has 4 nitrogen and oxygen atoms in total. The number of nitrogen functional groups attached to an aromatic ring is 1. The maximum absolute atomic E-state index is 10.7. The number of hydrogen-bond acceptors (Lipinski definition) is 4. The second kappa shape index (κ2) is 7.58. The van der Waals surface area contributed by atoms with Crippen LogP contribution in [0.3, 0.4) is 0 Å². The molecule has 0 aliphatic heterocycles. The van der Waals surface area contributed by atoms with E-state index >= 15 is 0 Å². The lowest BCUT2D eigenvalue weighted by atomic mass is 10.1. The topological polar surface area (TPSA) is 61.5 Å². The van der Waals surface area contributed by atoms with Crippen LogP contribution in [0.2, 0.25) is 0 Å². The Kier molecular flexibility index (Phi) is 4.60. The lowest BCUT2D eigenvalue weighted by Crippen LogP contribution is -2.25. The zero-order valence-corrected chi connectivity index (χ0v) is 17.2. The first-order chi connectivity index (χ1) is 15.1. The van der Waals surface area contributed by atoms with E-state index in [-0.39, 0.29) is 5.75 Å². The smallest absolute Gasteiger partial charge is 0.125 e. The molecular formula is C27H23N3O. The Hall–Kier alpha value is -4.18. The molecule has 0 atom stereocenters. The van der Waals surface area contributed by atoms with Gasteiger partial charge in [-0.05, 0) is 53.6 Å². The molecule has 0 saturated carbocycles. The van der Waals surface area contributed by atoms with Crippen molar-refractivity contribution in [2.45, 2.75) is 6.92 Å². The fraction of sp³-hybridized carbons (Fsp3) is 0.0370. The van der Waals surface area contributed by atoms with Crippen LogP contribution in [-0.2, 0) is 0 Å². The van der Waals surface area contributed by atoms with Crippen LogP contribution in [0.1, 0.15) is 5.56 Å². The van der Waals surface area contributed by atoms with E-state index in [0.717, 1.165) is 44.2 Å². The highest BCUT2D eigenvalue weighted by Gasteiger charge is 2.17. The number of hydrogen-bond donors (Lipinski definition) is 3. The van der Waals surface area contributed by atoms with Crippen LogP contribution in [-0.4, -0.2) is 5.11 Å². The van der Waals surface area contributed by atoms with Crippen molar-refractivity contribution < 1.29 is 5.11 Å². The van der Waals surface area contributed by atoms with Crippen LogP contribution in [0.4, 0.5) is 22.7 Å². The molecule has 0 aliphatic rings. The number of fused-ring (bicyclic) bond motifs is 2. The molecule has 4 N–H and O–H groups in total. The van der Waals surface area contributed by atoms with Gasteiger partial charge in [-0.3, -0.25) is 10.4 Å². The normalized spacial score (nSPS) is 11.0. The molecule has 31 heavy (non-hydrogen) atoms. The maximum atomic E-state index is 10.7. The Morgan fingerprint density at radius 3 is 2.35 bits per heavy atom. The molecular weight excluding hydrogens is 382 g/mol. The van der Waals surface area contributed by atoms with Gasteiger partial charge in [-0.25, -0.2) is 0 Å². The first-order valence-electron chi connectivity index (χ1n) is 10.2. The number of hydrazine groups is 1. The lowest BCUT2D eigenvalue weighted by molar-refractivity contribution is 0.481. The van der Waals surface area contributed by atoms with E-state index < -0.39 is 0 Å². The van der Waals surface area contributed by atoms with Crippen molar-refractivity contribution >= 4 is 44.3 Å². The van der Waals surface area contributed by atoms with Crippen LogP contribution in [0.5, 0.6) is 5.75 Å². The van der Waals surface area contributed by atoms with Gasteiger partial charge in [0, 0.05) is 10.8 Å². The predicted octanol–water partition coefficient (Wildman–Crippen LogP) is 6.75. The summed E-state index contributed by atoms with van der Waals surface area (Å²) in [7, 11) is 0. The zero-order valence-electron chi connectivity index (χ0n) is 17.2. The van der Waals surface area contributed by atoms with E-state index in [0.29, 0.717) is 5.69 Å². The van der Waals surface area contributed by atoms with Gasteiger partial charge in [-0.15, -0.1) is 0 Å². The second-order valence-electron chi connectivity index (χ2n) is 7.69. The second-order valence-corrected chi connectivity index (χ2v) is 7.69. The van der Waals surface area contributed by atoms with Gasteiger partial charge >= 0.3 is 0 Å². The monoisotopic (exact) mass is 405 g/mol. The number of aromatic hydroxyl groups is 1. The van der Waals surface area contributed by atoms with Crippen molar-refractivity contribution in [1.82, 2.24) is 0 Å². The van der Waals surface area contributed by atoms with E-state index in [1.165, 1.54) is 0 Å². The average Bonchev–Trinajstić information content (AvgIpc) is 2.78. The fourth-order valence-corrected chi connectivity index (χ4v) is 4.04. The number of nitrogens with two attached hydrogens (primary N) is 1. The molecule has 0 aromatic heterocycles. The Morgan fingerprint density at radius 2 is 1.52 bits per heavy atom. The van der Waals surface area contributed by atoms with E-state index in [4.69, 9.17) is 5.73 Å². The van der Waals surface area contributed by atoms with Gasteiger partial charge in [0.05, 0.1) is 22.7 Å². The lowest BCUT2D eigenvalue weighted by Gasteiger charge is -2.29. The number of benzene rings is 5. The van der Waals surface area contributed by atoms with Crippen molar-refractivity contribution in [2.24, 2.45) is 0 Å². The summed E-state index contributed by atoms with van der Waals surface area (Å²) in [6, 6.07) is 31.9. The summed E-state index contributed by atoms with van der Waals surface area (Å²) in [5.74, 6) is 0.235. The largest absolute Gasteiger partial charge is 0.507 e. The minimum atomic E-state index is 0.235. The molecule has 0 spiro atoms. The van der Waals surface area contributed by atoms with Gasteiger partial charge in [-0.2, -0.15) is 0 Å². The van der Waals surface area contributed by atoms with Gasteiger partial charge in [0.15, 0.2) is 0 Å². The van der Waals surface area contributed by atoms with E-state index in [9.17, 15) is 5.11 Å². The summed E-state index contributed by atoms with van der Waals surface area (Å²) in [4.78, 5) is 0. The summed E-state index contributed by atoms with van der Waals surface area (Å²) in [6.45, 7) is 2.06. The Morgan fingerprint density at radius 1 is 0.774 bits per heavy atom. The molecule has 0 radical (unpaired) electrons. The molecule has 5 rings (SSSR count). The minimum Gasteiger partial charge on any atom is -0.507 e. The molecule has 0 bridgehead atoms. The Balaban J connectivity index is 1.76. The number of nitrogens with one attached hydrogen (secondary N) is 1. The Bertz CT molecular complexity index is 1410. The molecule has 0 amide bonds. The summed E-state index contributed by atoms with van der Waals surface area (Å²) >= 11 is 0. The fourth-order valence-electron chi connectivity index (χ4n) is 4.04. The van der Waals surface area contributed by atoms with Gasteiger partial charge in [0.2, 0.25) is 0 Å². The molecule has 152 valence electrons. The third-order valence-electron chi connectivity index (χ3n) is 5.55. The summed E-state index contributed by atoms with van der Waals surface area (Å²) in [5.41, 5.74) is 14.4. The third kappa shape index (κ3) is 3.38. The van der Waals surface area contributed by atoms with E-state index in [2.05, 4.69) is 36.6 Å². The maximum Gasteiger partial charge on any atom is 0.125 e. The van der Waals surface area contributed by atoms with Gasteiger partial charge in [0.1, 0.15) is 5.75 Å². The molecule has 5 aromatic rings. The average molecular weight is 406 g/mol. The van der Waals surface area contributed by atoms with Crippen molar-refractivity contribution in [3.8, 4) is 5.75 Å². The number of anilines is 4. The van der Waals surface area contributed by atoms with Gasteiger partial charge in [0.25, 0.3) is 0 Å². The Labute approximate surface area is 181 Å². The molecule has 4 heteroatoms. The highest BCUT2D eigenvalue weighted by atomic mass is 16.3. The van der Waals surface area contributed by atoms with Crippen LogP contribution in [0.25, 0.3) is 21.5 Å². The molecule has 5 aromatic carbocycles. The minimum absolute atomic E-state index is 0.235.